The molecule has 14 heteroatoms. The van der Waals surface area contributed by atoms with Gasteiger partial charge in [0, 0.05) is 12.8 Å². The van der Waals surface area contributed by atoms with Crippen LogP contribution in [0.3, 0.4) is 0 Å². The molecule has 0 aliphatic rings. The summed E-state index contributed by atoms with van der Waals surface area (Å²) in [5.74, 6) is -32.0. The molecule has 0 aromatic heterocycles. The molecule has 0 radical (unpaired) electrons. The van der Waals surface area contributed by atoms with Crippen molar-refractivity contribution < 1.29 is 57.9 Å². The number of alkyl halides is 11. The molecule has 148 valence electrons. The van der Waals surface area contributed by atoms with E-state index >= 15 is 0 Å². The zero-order valence-corrected chi connectivity index (χ0v) is 12.4. The molecule has 0 aliphatic heterocycles. The molecule has 0 N–H and O–H groups in total. The van der Waals surface area contributed by atoms with Crippen LogP contribution in [0.25, 0.3) is 0 Å². The van der Waals surface area contributed by atoms with E-state index in [9.17, 15) is 57.9 Å². The molecule has 0 rings (SSSR count). The summed E-state index contributed by atoms with van der Waals surface area (Å²) in [5.41, 5.74) is 0. The summed E-state index contributed by atoms with van der Waals surface area (Å²) in [5, 5.41) is -0.999. The minimum atomic E-state index is -7.61. The number of unbranched alkanes of at least 4 members (excludes halogenated alkanes) is 1. The van der Waals surface area contributed by atoms with Crippen LogP contribution < -0.4 is 0 Å². The summed E-state index contributed by atoms with van der Waals surface area (Å²) in [6, 6.07) is 0. The van der Waals surface area contributed by atoms with Crippen LogP contribution in [0.5, 0.6) is 0 Å². The molecule has 0 aliphatic carbocycles. The van der Waals surface area contributed by atoms with Crippen molar-refractivity contribution >= 4 is 22.6 Å². The topological polar surface area (TPSA) is 34.1 Å². The van der Waals surface area contributed by atoms with Gasteiger partial charge >= 0.3 is 29.9 Å². The predicted octanol–water partition coefficient (Wildman–Crippen LogP) is 4.98. The van der Waals surface area contributed by atoms with E-state index in [0.717, 1.165) is 0 Å². The molecule has 25 heavy (non-hydrogen) atoms. The maximum Gasteiger partial charge on any atom is 0.460 e. The van der Waals surface area contributed by atoms with Crippen molar-refractivity contribution in [3.05, 3.63) is 0 Å². The van der Waals surface area contributed by atoms with Crippen molar-refractivity contribution in [3.8, 4) is 0 Å². The first-order valence-electron chi connectivity index (χ1n) is 6.13. The zero-order chi connectivity index (χ0) is 20.5. The van der Waals surface area contributed by atoms with E-state index in [4.69, 9.17) is 11.6 Å². The number of rotatable bonds is 9. The largest absolute Gasteiger partial charge is 0.460 e. The summed E-state index contributed by atoms with van der Waals surface area (Å²) in [6.45, 7) is 0. The highest BCUT2D eigenvalue weighted by molar-refractivity contribution is 6.63. The van der Waals surface area contributed by atoms with Crippen LogP contribution in [0.1, 0.15) is 25.7 Å². The minimum absolute atomic E-state index is 0.412. The third-order valence-electron chi connectivity index (χ3n) is 2.92. The molecule has 0 atom stereocenters. The Kier molecular flexibility index (Phi) is 6.90. The fraction of sp³-hybridized carbons (Fsp3) is 0.818. The van der Waals surface area contributed by atoms with Crippen molar-refractivity contribution in [2.24, 2.45) is 0 Å². The van der Waals surface area contributed by atoms with Crippen molar-refractivity contribution in [2.75, 3.05) is 0 Å². The van der Waals surface area contributed by atoms with E-state index < -0.39 is 66.6 Å². The number of ketones is 1. The van der Waals surface area contributed by atoms with Gasteiger partial charge in [0.25, 0.3) is 0 Å². The average Bonchev–Trinajstić information content (AvgIpc) is 2.40. The second-order valence-electron chi connectivity index (χ2n) is 4.78. The first-order chi connectivity index (χ1) is 10.8. The smallest absolute Gasteiger partial charge is 0.293 e. The summed E-state index contributed by atoms with van der Waals surface area (Å²) < 4.78 is 139. The van der Waals surface area contributed by atoms with E-state index in [1.54, 1.807) is 0 Å². The van der Waals surface area contributed by atoms with Gasteiger partial charge in [-0.25, -0.2) is 0 Å². The monoisotopic (exact) mass is 416 g/mol. The van der Waals surface area contributed by atoms with Crippen LogP contribution in [-0.2, 0) is 9.59 Å². The van der Waals surface area contributed by atoms with Crippen LogP contribution in [0, 0.1) is 0 Å². The van der Waals surface area contributed by atoms with Crippen LogP contribution in [0.4, 0.5) is 48.3 Å². The Morgan fingerprint density at radius 3 is 1.40 bits per heavy atom. The van der Waals surface area contributed by atoms with Gasteiger partial charge < -0.3 is 0 Å². The van der Waals surface area contributed by atoms with E-state index in [-0.39, 0.29) is 0 Å². The summed E-state index contributed by atoms with van der Waals surface area (Å²) >= 11 is 4.83. The lowest BCUT2D eigenvalue weighted by Crippen LogP contribution is -2.68. The molecule has 0 spiro atoms. The standard InChI is InChI=1S/C11H8ClF11O2/c12-6(25)4-2-1-3-5(24)7(13,14)8(15,16)9(17,18)10(19,20)11(21,22)23/h1-4H2. The highest BCUT2D eigenvalue weighted by Crippen LogP contribution is 2.57. The molecule has 0 bridgehead atoms. The van der Waals surface area contributed by atoms with Crippen molar-refractivity contribution in [1.82, 2.24) is 0 Å². The second-order valence-corrected chi connectivity index (χ2v) is 5.20. The molecule has 0 aromatic rings. The normalized spacial score (nSPS) is 14.6. The highest BCUT2D eigenvalue weighted by atomic mass is 35.5. The lowest BCUT2D eigenvalue weighted by atomic mass is 9.93. The van der Waals surface area contributed by atoms with Gasteiger partial charge in [0.1, 0.15) is 0 Å². The van der Waals surface area contributed by atoms with Gasteiger partial charge in [0.05, 0.1) is 0 Å². The fourth-order valence-corrected chi connectivity index (χ4v) is 1.59. The Hall–Kier alpha value is -1.14. The molecule has 0 heterocycles. The van der Waals surface area contributed by atoms with E-state index in [1.807, 2.05) is 0 Å². The summed E-state index contributed by atoms with van der Waals surface area (Å²) in [6.07, 6.45) is -10.5. The molecule has 0 fully saturated rings. The summed E-state index contributed by atoms with van der Waals surface area (Å²) in [7, 11) is 0. The molecule has 0 unspecified atom stereocenters. The van der Waals surface area contributed by atoms with E-state index in [1.165, 1.54) is 0 Å². The summed E-state index contributed by atoms with van der Waals surface area (Å²) in [4.78, 5) is 21.3. The maximum atomic E-state index is 13.2. The first-order valence-corrected chi connectivity index (χ1v) is 6.51. The van der Waals surface area contributed by atoms with Crippen LogP contribution in [0.15, 0.2) is 0 Å². The van der Waals surface area contributed by atoms with Gasteiger partial charge in [-0.3, -0.25) is 9.59 Å². The first kappa shape index (κ1) is 23.9. The Balaban J connectivity index is 5.51. The lowest BCUT2D eigenvalue weighted by molar-refractivity contribution is -0.416. The molecule has 0 saturated heterocycles. The molecular formula is C11H8ClF11O2. The molecule has 0 amide bonds. The molecule has 0 saturated carbocycles. The lowest BCUT2D eigenvalue weighted by Gasteiger charge is -2.36. The second kappa shape index (κ2) is 7.23. The third kappa shape index (κ3) is 4.34. The van der Waals surface area contributed by atoms with Crippen molar-refractivity contribution in [1.29, 1.82) is 0 Å². The van der Waals surface area contributed by atoms with Crippen molar-refractivity contribution in [3.63, 3.8) is 0 Å². The Bertz CT molecular complexity index is 513. The van der Waals surface area contributed by atoms with Crippen LogP contribution in [0.2, 0.25) is 0 Å². The van der Waals surface area contributed by atoms with Crippen LogP contribution in [-0.4, -0.2) is 40.9 Å². The van der Waals surface area contributed by atoms with Gasteiger partial charge in [-0.15, -0.1) is 0 Å². The van der Waals surface area contributed by atoms with Gasteiger partial charge in [0.2, 0.25) is 11.0 Å². The Labute approximate surface area is 137 Å². The quantitative estimate of drug-likeness (QED) is 0.302. The number of hydrogen-bond donors (Lipinski definition) is 0. The van der Waals surface area contributed by atoms with Crippen LogP contribution >= 0.6 is 11.6 Å². The minimum Gasteiger partial charge on any atom is -0.293 e. The molecule has 0 aromatic carbocycles. The fourth-order valence-electron chi connectivity index (χ4n) is 1.45. The Morgan fingerprint density at radius 1 is 0.640 bits per heavy atom. The van der Waals surface area contributed by atoms with Gasteiger partial charge in [0.15, 0.2) is 0 Å². The maximum absolute atomic E-state index is 13.2. The van der Waals surface area contributed by atoms with E-state index in [2.05, 4.69) is 0 Å². The zero-order valence-electron chi connectivity index (χ0n) is 11.7. The van der Waals surface area contributed by atoms with Gasteiger partial charge in [-0.1, -0.05) is 0 Å². The number of carbonyl (C=O) groups is 2. The van der Waals surface area contributed by atoms with E-state index in [0.29, 0.717) is 0 Å². The Morgan fingerprint density at radius 2 is 1.04 bits per heavy atom. The average molecular weight is 417 g/mol. The SMILES string of the molecule is O=C(Cl)CCCCC(=O)C(F)(F)C(F)(F)C(F)(F)C(F)(F)C(F)(F)F. The molecule has 2 nitrogen and oxygen atoms in total. The number of hydrogen-bond acceptors (Lipinski definition) is 2. The van der Waals surface area contributed by atoms with Crippen molar-refractivity contribution in [2.45, 2.75) is 55.5 Å². The van der Waals surface area contributed by atoms with Gasteiger partial charge in [-0.2, -0.15) is 48.3 Å². The number of halogens is 12. The number of carbonyl (C=O) groups excluding carboxylic acids is 2. The predicted molar refractivity (Wildman–Crippen MR) is 60.2 cm³/mol. The molecular weight excluding hydrogens is 409 g/mol. The van der Waals surface area contributed by atoms with Gasteiger partial charge in [-0.05, 0) is 24.4 Å². The highest BCUT2D eigenvalue weighted by Gasteiger charge is 2.88. The number of Topliss-reactive ketones (excluding diaryl/α,β-unsaturated/α-hetero) is 1. The third-order valence-corrected chi connectivity index (χ3v) is 3.11.